The number of hydrogen-bond acceptors (Lipinski definition) is 7. The third-order valence-corrected chi connectivity index (χ3v) is 10.1. The van der Waals surface area contributed by atoms with Crippen molar-refractivity contribution < 1.29 is 27.5 Å². The first-order valence-electron chi connectivity index (χ1n) is 12.8. The van der Waals surface area contributed by atoms with Crippen molar-refractivity contribution in [2.45, 2.75) is 57.0 Å². The maximum atomic E-state index is 13.2. The lowest BCUT2D eigenvalue weighted by atomic mass is 10.0. The summed E-state index contributed by atoms with van der Waals surface area (Å²) in [6.45, 7) is 5.13. The molecule has 1 saturated heterocycles. The zero-order chi connectivity index (χ0) is 27.6. The molecule has 38 heavy (non-hydrogen) atoms. The summed E-state index contributed by atoms with van der Waals surface area (Å²) >= 11 is 1.26. The summed E-state index contributed by atoms with van der Waals surface area (Å²) in [6.07, 6.45) is 2.73. The molecular formula is C26H34N4O6S2. The van der Waals surface area contributed by atoms with Gasteiger partial charge in [0.2, 0.25) is 10.0 Å². The molecule has 1 unspecified atom stereocenters. The normalized spacial score (nSPS) is 18.0. The predicted octanol–water partition coefficient (Wildman–Crippen LogP) is 3.78. The fourth-order valence-electron chi connectivity index (χ4n) is 4.83. The van der Waals surface area contributed by atoms with Gasteiger partial charge in [-0.05, 0) is 62.9 Å². The number of nitrogens with zero attached hydrogens (tertiary/aromatic N) is 3. The van der Waals surface area contributed by atoms with Gasteiger partial charge in [0.15, 0.2) is 0 Å². The number of benzene rings is 1. The van der Waals surface area contributed by atoms with Crippen LogP contribution in [0.4, 0.5) is 9.80 Å². The molecule has 1 aromatic heterocycles. The highest BCUT2D eigenvalue weighted by Gasteiger charge is 2.33. The van der Waals surface area contributed by atoms with Crippen LogP contribution in [0.2, 0.25) is 0 Å². The number of fused-ring (bicyclic) bond motifs is 1. The molecule has 1 aromatic carbocycles. The van der Waals surface area contributed by atoms with Crippen LogP contribution in [0.1, 0.15) is 64.3 Å². The number of nitrogens with one attached hydrogen (secondary N) is 1. The molecule has 1 fully saturated rings. The Hall–Kier alpha value is -2.96. The lowest BCUT2D eigenvalue weighted by molar-refractivity contribution is 0.0827. The Kier molecular flexibility index (Phi) is 8.43. The number of sulfonamides is 1. The highest BCUT2D eigenvalue weighted by atomic mass is 32.2. The number of anilines is 1. The number of hydrogen-bond donors (Lipinski definition) is 1. The van der Waals surface area contributed by atoms with E-state index in [4.69, 9.17) is 4.74 Å². The molecule has 10 nitrogen and oxygen atoms in total. The van der Waals surface area contributed by atoms with Crippen LogP contribution in [-0.2, 0) is 27.7 Å². The van der Waals surface area contributed by atoms with E-state index in [0.29, 0.717) is 36.6 Å². The predicted molar refractivity (Wildman–Crippen MR) is 145 cm³/mol. The van der Waals surface area contributed by atoms with Crippen molar-refractivity contribution in [3.05, 3.63) is 45.8 Å². The Bertz CT molecular complexity index is 1320. The van der Waals surface area contributed by atoms with Crippen LogP contribution in [0.5, 0.6) is 0 Å². The van der Waals surface area contributed by atoms with Gasteiger partial charge in [-0.2, -0.15) is 4.31 Å². The first kappa shape index (κ1) is 28.1. The Morgan fingerprint density at radius 3 is 2.47 bits per heavy atom. The Labute approximate surface area is 227 Å². The number of carbonyl (C=O) groups excluding carboxylic acids is 3. The Morgan fingerprint density at radius 1 is 1.13 bits per heavy atom. The molecule has 0 aliphatic carbocycles. The molecule has 206 valence electrons. The third kappa shape index (κ3) is 5.57. The SMILES string of the molecule is CCOC(=O)N1CCc2c(sc(NC(=O)c3ccc(S(=O)(=O)N4CCCCC4C)cc3)c2C(=O)N(C)C)C1. The van der Waals surface area contributed by atoms with Crippen LogP contribution in [0.15, 0.2) is 29.2 Å². The molecule has 0 bridgehead atoms. The molecule has 1 N–H and O–H groups in total. The van der Waals surface area contributed by atoms with Crippen LogP contribution in [0, 0.1) is 0 Å². The van der Waals surface area contributed by atoms with Crippen molar-refractivity contribution >= 4 is 44.3 Å². The molecule has 2 aromatic rings. The van der Waals surface area contributed by atoms with Gasteiger partial charge in [-0.15, -0.1) is 11.3 Å². The molecular weight excluding hydrogens is 528 g/mol. The maximum Gasteiger partial charge on any atom is 0.410 e. The summed E-state index contributed by atoms with van der Waals surface area (Å²) in [6, 6.07) is 5.82. The van der Waals surface area contributed by atoms with Crippen LogP contribution >= 0.6 is 11.3 Å². The number of amides is 3. The van der Waals surface area contributed by atoms with E-state index >= 15 is 0 Å². The highest BCUT2D eigenvalue weighted by Crippen LogP contribution is 2.38. The Balaban J connectivity index is 1.57. The minimum atomic E-state index is -3.65. The van der Waals surface area contributed by atoms with E-state index in [1.807, 2.05) is 6.92 Å². The van der Waals surface area contributed by atoms with Gasteiger partial charge >= 0.3 is 6.09 Å². The third-order valence-electron chi connectivity index (χ3n) is 6.90. The second kappa shape index (κ2) is 11.4. The Morgan fingerprint density at radius 2 is 1.84 bits per heavy atom. The number of piperidine rings is 1. The van der Waals surface area contributed by atoms with E-state index in [2.05, 4.69) is 5.32 Å². The van der Waals surface area contributed by atoms with E-state index < -0.39 is 22.0 Å². The minimum absolute atomic E-state index is 0.0611. The summed E-state index contributed by atoms with van der Waals surface area (Å²) in [5.41, 5.74) is 1.52. The van der Waals surface area contributed by atoms with Gasteiger partial charge in [0.1, 0.15) is 5.00 Å². The van der Waals surface area contributed by atoms with Gasteiger partial charge < -0.3 is 19.9 Å². The van der Waals surface area contributed by atoms with Crippen LogP contribution < -0.4 is 5.32 Å². The topological polar surface area (TPSA) is 116 Å². The number of carbonyl (C=O) groups is 3. The van der Waals surface area contributed by atoms with E-state index in [0.717, 1.165) is 29.7 Å². The van der Waals surface area contributed by atoms with E-state index in [1.54, 1.807) is 25.9 Å². The minimum Gasteiger partial charge on any atom is -0.450 e. The average molecular weight is 563 g/mol. The molecule has 0 radical (unpaired) electrons. The van der Waals surface area contributed by atoms with Gasteiger partial charge in [0, 0.05) is 43.7 Å². The largest absolute Gasteiger partial charge is 0.450 e. The van der Waals surface area contributed by atoms with Gasteiger partial charge in [0.25, 0.3) is 11.8 Å². The summed E-state index contributed by atoms with van der Waals surface area (Å²) < 4.78 is 32.9. The maximum absolute atomic E-state index is 13.2. The molecule has 0 saturated carbocycles. The fourth-order valence-corrected chi connectivity index (χ4v) is 7.78. The van der Waals surface area contributed by atoms with Gasteiger partial charge in [-0.1, -0.05) is 6.42 Å². The van der Waals surface area contributed by atoms with Gasteiger partial charge in [-0.3, -0.25) is 9.59 Å². The number of rotatable bonds is 6. The van der Waals surface area contributed by atoms with Crippen LogP contribution in [-0.4, -0.2) is 80.3 Å². The molecule has 2 aliphatic heterocycles. The first-order chi connectivity index (χ1) is 18.0. The first-order valence-corrected chi connectivity index (χ1v) is 15.0. The smallest absolute Gasteiger partial charge is 0.410 e. The number of thiophene rings is 1. The number of ether oxygens (including phenoxy) is 1. The summed E-state index contributed by atoms with van der Waals surface area (Å²) in [4.78, 5) is 42.5. The van der Waals surface area contributed by atoms with E-state index in [9.17, 15) is 22.8 Å². The molecule has 0 spiro atoms. The van der Waals surface area contributed by atoms with Crippen LogP contribution in [0.3, 0.4) is 0 Å². The fraction of sp³-hybridized carbons (Fsp3) is 0.500. The lowest BCUT2D eigenvalue weighted by Gasteiger charge is -2.32. The molecule has 4 rings (SSSR count). The van der Waals surface area contributed by atoms with E-state index in [1.165, 1.54) is 44.8 Å². The zero-order valence-electron chi connectivity index (χ0n) is 22.2. The lowest BCUT2D eigenvalue weighted by Crippen LogP contribution is -2.41. The molecule has 3 heterocycles. The summed E-state index contributed by atoms with van der Waals surface area (Å²) in [7, 11) is -0.354. The second-order valence-electron chi connectivity index (χ2n) is 9.72. The highest BCUT2D eigenvalue weighted by molar-refractivity contribution is 7.89. The van der Waals surface area contributed by atoms with Crippen molar-refractivity contribution in [1.82, 2.24) is 14.1 Å². The summed E-state index contributed by atoms with van der Waals surface area (Å²) in [5, 5.41) is 3.26. The summed E-state index contributed by atoms with van der Waals surface area (Å²) in [5.74, 6) is -0.687. The zero-order valence-corrected chi connectivity index (χ0v) is 23.8. The second-order valence-corrected chi connectivity index (χ2v) is 12.7. The standard InChI is InChI=1S/C26H34N4O6S2/c1-5-36-26(33)29-15-13-20-21(16-29)37-24(22(20)25(32)28(3)4)27-23(31)18-9-11-19(12-10-18)38(34,35)30-14-7-6-8-17(30)2/h9-12,17H,5-8,13-16H2,1-4H3,(H,27,31). The molecule has 1 atom stereocenters. The van der Waals surface area contributed by atoms with Crippen molar-refractivity contribution in [1.29, 1.82) is 0 Å². The van der Waals surface area contributed by atoms with Crippen molar-refractivity contribution in [3.63, 3.8) is 0 Å². The molecule has 2 aliphatic rings. The average Bonchev–Trinajstić information content (AvgIpc) is 3.25. The van der Waals surface area contributed by atoms with Gasteiger partial charge in [-0.25, -0.2) is 13.2 Å². The monoisotopic (exact) mass is 562 g/mol. The van der Waals surface area contributed by atoms with E-state index in [-0.39, 0.29) is 29.0 Å². The van der Waals surface area contributed by atoms with Crippen molar-refractivity contribution in [2.24, 2.45) is 0 Å². The van der Waals surface area contributed by atoms with Gasteiger partial charge in [0.05, 0.1) is 23.6 Å². The molecule has 3 amide bonds. The van der Waals surface area contributed by atoms with Crippen LogP contribution in [0.25, 0.3) is 0 Å². The van der Waals surface area contributed by atoms with Crippen molar-refractivity contribution in [3.8, 4) is 0 Å². The van der Waals surface area contributed by atoms with Crippen molar-refractivity contribution in [2.75, 3.05) is 39.1 Å². The quantitative estimate of drug-likeness (QED) is 0.573. The molecule has 12 heteroatoms.